The summed E-state index contributed by atoms with van der Waals surface area (Å²) < 4.78 is 0. The van der Waals surface area contributed by atoms with Gasteiger partial charge in [-0.3, -0.25) is 10.1 Å². The number of anilines is 1. The van der Waals surface area contributed by atoms with Gasteiger partial charge in [0.2, 0.25) is 5.13 Å². The van der Waals surface area contributed by atoms with Gasteiger partial charge in [0.25, 0.3) is 5.91 Å². The highest BCUT2D eigenvalue weighted by atomic mass is 32.1. The second-order valence-corrected chi connectivity index (χ2v) is 5.88. The molecule has 1 N–H and O–H groups in total. The maximum atomic E-state index is 11.8. The van der Waals surface area contributed by atoms with E-state index < -0.39 is 0 Å². The molecule has 0 fully saturated rings. The van der Waals surface area contributed by atoms with Crippen molar-refractivity contribution in [1.29, 1.82) is 0 Å². The lowest BCUT2D eigenvalue weighted by Crippen LogP contribution is -2.12. The van der Waals surface area contributed by atoms with Gasteiger partial charge >= 0.3 is 0 Å². The fourth-order valence-corrected chi connectivity index (χ4v) is 2.48. The summed E-state index contributed by atoms with van der Waals surface area (Å²) >= 11 is 2.84. The molecule has 17 heavy (non-hydrogen) atoms. The maximum absolute atomic E-state index is 11.8. The first kappa shape index (κ1) is 12.1. The normalized spacial score (nSPS) is 10.8. The van der Waals surface area contributed by atoms with Crippen LogP contribution in [0.5, 0.6) is 0 Å². The largest absolute Gasteiger partial charge is 0.295 e. The molecular weight excluding hydrogens is 256 g/mol. The Morgan fingerprint density at radius 1 is 1.41 bits per heavy atom. The molecule has 2 heterocycles. The van der Waals surface area contributed by atoms with E-state index in [0.29, 0.717) is 16.7 Å². The van der Waals surface area contributed by atoms with Crippen molar-refractivity contribution in [1.82, 2.24) is 15.2 Å². The van der Waals surface area contributed by atoms with Gasteiger partial charge < -0.3 is 0 Å². The quantitative estimate of drug-likeness (QED) is 0.929. The lowest BCUT2D eigenvalue weighted by Gasteiger charge is -1.96. The molecule has 0 aliphatic carbocycles. The summed E-state index contributed by atoms with van der Waals surface area (Å²) in [5.74, 6) is 0.0838. The number of amides is 1. The van der Waals surface area contributed by atoms with Crippen molar-refractivity contribution in [3.8, 4) is 0 Å². The van der Waals surface area contributed by atoms with Crippen LogP contribution in [-0.4, -0.2) is 21.1 Å². The monoisotopic (exact) mass is 268 g/mol. The van der Waals surface area contributed by atoms with Crippen LogP contribution in [0.1, 0.15) is 40.3 Å². The van der Waals surface area contributed by atoms with E-state index in [1.165, 1.54) is 22.7 Å². The molecule has 0 saturated heterocycles. The molecule has 0 spiro atoms. The molecule has 0 unspecified atom stereocenters. The molecule has 0 bridgehead atoms. The van der Waals surface area contributed by atoms with E-state index in [1.807, 2.05) is 20.8 Å². The number of carbonyl (C=O) groups is 1. The zero-order valence-corrected chi connectivity index (χ0v) is 11.4. The fourth-order valence-electron chi connectivity index (χ4n) is 1.15. The summed E-state index contributed by atoms with van der Waals surface area (Å²) in [6.07, 6.45) is 0. The molecule has 0 aromatic carbocycles. The van der Waals surface area contributed by atoms with Crippen molar-refractivity contribution < 1.29 is 4.79 Å². The summed E-state index contributed by atoms with van der Waals surface area (Å²) in [5.41, 5.74) is 0.425. The molecule has 0 aliphatic heterocycles. The number of rotatable bonds is 3. The highest BCUT2D eigenvalue weighted by molar-refractivity contribution is 7.15. The highest BCUT2D eigenvalue weighted by Crippen LogP contribution is 2.22. The average Bonchev–Trinajstić information content (AvgIpc) is 2.86. The van der Waals surface area contributed by atoms with E-state index in [4.69, 9.17) is 0 Å². The molecule has 7 heteroatoms. The van der Waals surface area contributed by atoms with E-state index in [1.54, 1.807) is 5.38 Å². The van der Waals surface area contributed by atoms with Gasteiger partial charge in [-0.15, -0.1) is 21.5 Å². The lowest BCUT2D eigenvalue weighted by atomic mass is 10.2. The lowest BCUT2D eigenvalue weighted by molar-refractivity contribution is 0.102. The van der Waals surface area contributed by atoms with Gasteiger partial charge in [-0.2, -0.15) is 0 Å². The molecule has 2 aromatic rings. The minimum atomic E-state index is -0.235. The van der Waals surface area contributed by atoms with Crippen LogP contribution < -0.4 is 5.32 Å². The van der Waals surface area contributed by atoms with Crippen molar-refractivity contribution in [3.05, 3.63) is 21.1 Å². The number of thiazole rings is 1. The number of nitrogens with zero attached hydrogens (tertiary/aromatic N) is 3. The molecule has 5 nitrogen and oxygen atoms in total. The van der Waals surface area contributed by atoms with Crippen LogP contribution in [0.2, 0.25) is 0 Å². The molecule has 1 amide bonds. The molecule has 90 valence electrons. The molecule has 2 aromatic heterocycles. The topological polar surface area (TPSA) is 67.8 Å². The molecule has 0 radical (unpaired) electrons. The predicted molar refractivity (Wildman–Crippen MR) is 68.8 cm³/mol. The van der Waals surface area contributed by atoms with Crippen molar-refractivity contribution in [2.75, 3.05) is 5.32 Å². The Kier molecular flexibility index (Phi) is 3.49. The van der Waals surface area contributed by atoms with Crippen LogP contribution in [0.4, 0.5) is 5.13 Å². The summed E-state index contributed by atoms with van der Waals surface area (Å²) in [7, 11) is 0. The number of hydrogen-bond donors (Lipinski definition) is 1. The Bertz CT molecular complexity index is 532. The first-order chi connectivity index (χ1) is 8.06. The van der Waals surface area contributed by atoms with Crippen molar-refractivity contribution in [2.45, 2.75) is 26.7 Å². The number of nitrogens with one attached hydrogen (secondary N) is 1. The van der Waals surface area contributed by atoms with Gasteiger partial charge in [0.15, 0.2) is 0 Å². The van der Waals surface area contributed by atoms with Crippen molar-refractivity contribution in [3.63, 3.8) is 0 Å². The molecule has 0 saturated carbocycles. The molecule has 0 atom stereocenters. The second kappa shape index (κ2) is 4.89. The number of aromatic nitrogens is 3. The third kappa shape index (κ3) is 2.86. The van der Waals surface area contributed by atoms with Crippen molar-refractivity contribution >= 4 is 33.7 Å². The van der Waals surface area contributed by atoms with E-state index in [0.717, 1.165) is 10.0 Å². The van der Waals surface area contributed by atoms with Gasteiger partial charge in [0.1, 0.15) is 10.7 Å². The van der Waals surface area contributed by atoms with Gasteiger partial charge in [-0.1, -0.05) is 25.2 Å². The highest BCUT2D eigenvalue weighted by Gasteiger charge is 2.13. The van der Waals surface area contributed by atoms with Gasteiger partial charge in [-0.05, 0) is 6.92 Å². The Hall–Kier alpha value is -1.34. The minimum absolute atomic E-state index is 0.235. The summed E-state index contributed by atoms with van der Waals surface area (Å²) in [6, 6.07) is 0. The van der Waals surface area contributed by atoms with E-state index in [9.17, 15) is 4.79 Å². The number of aryl methyl sites for hydroxylation is 1. The second-order valence-electron chi connectivity index (χ2n) is 3.81. The van der Waals surface area contributed by atoms with Gasteiger partial charge in [-0.25, -0.2) is 4.98 Å². The summed E-state index contributed by atoms with van der Waals surface area (Å²) in [4.78, 5) is 15.9. The Balaban J connectivity index is 2.07. The molecular formula is C10H12N4OS2. The SMILES string of the molecule is Cc1nc(C(=O)Nc2nnc(C(C)C)s2)cs1. The number of carbonyl (C=O) groups excluding carboxylic acids is 1. The van der Waals surface area contributed by atoms with Gasteiger partial charge in [0.05, 0.1) is 5.01 Å². The standard InChI is InChI=1S/C10H12N4OS2/c1-5(2)9-13-14-10(17-9)12-8(15)7-4-16-6(3)11-7/h4-5H,1-3H3,(H,12,14,15). The maximum Gasteiger partial charge on any atom is 0.276 e. The van der Waals surface area contributed by atoms with Crippen LogP contribution >= 0.6 is 22.7 Å². The van der Waals surface area contributed by atoms with Crippen LogP contribution in [0.15, 0.2) is 5.38 Å². The smallest absolute Gasteiger partial charge is 0.276 e. The fraction of sp³-hybridized carbons (Fsp3) is 0.400. The average molecular weight is 268 g/mol. The first-order valence-electron chi connectivity index (χ1n) is 5.13. The third-order valence-corrected chi connectivity index (χ3v) is 3.92. The summed E-state index contributed by atoms with van der Waals surface area (Å²) in [6.45, 7) is 5.94. The Labute approximate surface area is 107 Å². The Morgan fingerprint density at radius 3 is 2.71 bits per heavy atom. The van der Waals surface area contributed by atoms with Crippen LogP contribution in [-0.2, 0) is 0 Å². The molecule has 0 aliphatic rings. The Morgan fingerprint density at radius 2 is 2.18 bits per heavy atom. The van der Waals surface area contributed by atoms with Crippen molar-refractivity contribution in [2.24, 2.45) is 0 Å². The van der Waals surface area contributed by atoms with Crippen LogP contribution in [0.25, 0.3) is 0 Å². The van der Waals surface area contributed by atoms with Crippen LogP contribution in [0, 0.1) is 6.92 Å². The first-order valence-corrected chi connectivity index (χ1v) is 6.82. The molecule has 2 rings (SSSR count). The number of hydrogen-bond acceptors (Lipinski definition) is 6. The van der Waals surface area contributed by atoms with E-state index in [-0.39, 0.29) is 5.91 Å². The van der Waals surface area contributed by atoms with E-state index >= 15 is 0 Å². The van der Waals surface area contributed by atoms with Gasteiger partial charge in [0, 0.05) is 11.3 Å². The summed E-state index contributed by atoms with van der Waals surface area (Å²) in [5, 5.41) is 14.7. The minimum Gasteiger partial charge on any atom is -0.295 e. The third-order valence-electron chi connectivity index (χ3n) is 2.01. The zero-order valence-electron chi connectivity index (χ0n) is 9.72. The zero-order chi connectivity index (χ0) is 12.4. The van der Waals surface area contributed by atoms with Crippen LogP contribution in [0.3, 0.4) is 0 Å². The van der Waals surface area contributed by atoms with E-state index in [2.05, 4.69) is 20.5 Å². The predicted octanol–water partition coefficient (Wildman–Crippen LogP) is 2.68.